The highest BCUT2D eigenvalue weighted by molar-refractivity contribution is 5.76. The topological polar surface area (TPSA) is 76.1 Å². The van der Waals surface area contributed by atoms with Crippen molar-refractivity contribution in [2.45, 2.75) is 33.3 Å². The molecule has 0 aliphatic carbocycles. The highest BCUT2D eigenvalue weighted by Gasteiger charge is 2.25. The molecule has 106 valence electrons. The van der Waals surface area contributed by atoms with Gasteiger partial charge in [-0.05, 0) is 26.7 Å². The first-order chi connectivity index (χ1) is 8.15. The van der Waals surface area contributed by atoms with Crippen molar-refractivity contribution < 1.29 is 24.2 Å². The number of hydrogen-bond acceptors (Lipinski definition) is 4. The second kappa shape index (κ2) is 7.20. The fraction of sp³-hybridized carbons (Fsp3) is 0.833. The van der Waals surface area contributed by atoms with Gasteiger partial charge in [0.1, 0.15) is 12.1 Å². The molecule has 0 heterocycles. The second-order valence-electron chi connectivity index (χ2n) is 5.32. The van der Waals surface area contributed by atoms with Gasteiger partial charge in [-0.3, -0.25) is 9.69 Å². The van der Waals surface area contributed by atoms with Crippen LogP contribution in [0.1, 0.15) is 27.7 Å². The van der Waals surface area contributed by atoms with Crippen molar-refractivity contribution in [1.82, 2.24) is 4.90 Å². The van der Waals surface area contributed by atoms with Crippen LogP contribution in [0.5, 0.6) is 0 Å². The number of methoxy groups -OCH3 is 1. The Labute approximate surface area is 108 Å². The van der Waals surface area contributed by atoms with Crippen LogP contribution in [-0.2, 0) is 14.3 Å². The van der Waals surface area contributed by atoms with Gasteiger partial charge in [-0.15, -0.1) is 0 Å². The van der Waals surface area contributed by atoms with E-state index in [1.54, 1.807) is 27.9 Å². The van der Waals surface area contributed by atoms with Crippen LogP contribution in [0.15, 0.2) is 0 Å². The summed E-state index contributed by atoms with van der Waals surface area (Å²) in [4.78, 5) is 23.7. The molecule has 0 aliphatic heterocycles. The largest absolute Gasteiger partial charge is 0.480 e. The average molecular weight is 261 g/mol. The number of hydrogen-bond donors (Lipinski definition) is 1. The molecule has 0 saturated heterocycles. The van der Waals surface area contributed by atoms with Gasteiger partial charge >= 0.3 is 12.1 Å². The number of carboxylic acid groups (broad SMARTS) is 1. The third-order valence-corrected chi connectivity index (χ3v) is 1.96. The monoisotopic (exact) mass is 261 g/mol. The number of aliphatic carboxylic acids is 1. The van der Waals surface area contributed by atoms with E-state index in [2.05, 4.69) is 0 Å². The molecule has 0 bridgehead atoms. The van der Waals surface area contributed by atoms with Gasteiger partial charge in [-0.25, -0.2) is 4.79 Å². The number of nitrogens with zero attached hydrogens (tertiary/aromatic N) is 1. The molecular weight excluding hydrogens is 238 g/mol. The maximum absolute atomic E-state index is 11.8. The summed E-state index contributed by atoms with van der Waals surface area (Å²) in [5.41, 5.74) is -0.641. The molecule has 6 nitrogen and oxygen atoms in total. The van der Waals surface area contributed by atoms with Crippen molar-refractivity contribution in [3.8, 4) is 0 Å². The van der Waals surface area contributed by atoms with Crippen LogP contribution in [0, 0.1) is 5.92 Å². The second-order valence-corrected chi connectivity index (χ2v) is 5.32. The van der Waals surface area contributed by atoms with Crippen LogP contribution in [0.4, 0.5) is 4.79 Å². The van der Waals surface area contributed by atoms with Crippen LogP contribution in [0.2, 0.25) is 0 Å². The van der Waals surface area contributed by atoms with Crippen LogP contribution in [-0.4, -0.2) is 54.5 Å². The summed E-state index contributed by atoms with van der Waals surface area (Å²) in [5.74, 6) is -1.02. The lowest BCUT2D eigenvalue weighted by atomic mass is 10.2. The molecule has 0 rings (SSSR count). The minimum absolute atomic E-state index is 0.0434. The molecular formula is C12H23NO5. The zero-order valence-electron chi connectivity index (χ0n) is 11.7. The molecule has 0 saturated carbocycles. The Balaban J connectivity index is 4.56. The van der Waals surface area contributed by atoms with Gasteiger partial charge < -0.3 is 14.6 Å². The van der Waals surface area contributed by atoms with Gasteiger partial charge in [0.25, 0.3) is 0 Å². The number of carbonyl (C=O) groups excluding carboxylic acids is 1. The molecule has 1 N–H and O–H groups in total. The molecule has 0 aromatic heterocycles. The smallest absolute Gasteiger partial charge is 0.410 e. The van der Waals surface area contributed by atoms with Gasteiger partial charge in [-0.1, -0.05) is 6.92 Å². The molecule has 0 aliphatic rings. The van der Waals surface area contributed by atoms with Gasteiger partial charge in [0, 0.05) is 13.7 Å². The van der Waals surface area contributed by atoms with Gasteiger partial charge in [0.05, 0.1) is 6.61 Å². The lowest BCUT2D eigenvalue weighted by molar-refractivity contribution is -0.138. The summed E-state index contributed by atoms with van der Waals surface area (Å²) >= 11 is 0. The van der Waals surface area contributed by atoms with Crippen LogP contribution < -0.4 is 0 Å². The minimum Gasteiger partial charge on any atom is -0.480 e. The first-order valence-corrected chi connectivity index (χ1v) is 5.84. The van der Waals surface area contributed by atoms with Gasteiger partial charge in [0.15, 0.2) is 0 Å². The Morgan fingerprint density at radius 3 is 2.28 bits per heavy atom. The first-order valence-electron chi connectivity index (χ1n) is 5.84. The standard InChI is InChI=1S/C12H23NO5/c1-9(8-17-5)6-13(7-10(14)15)11(16)18-12(2,3)4/h9H,6-8H2,1-5H3,(H,14,15)/t9-/m0/s1. The van der Waals surface area contributed by atoms with Crippen molar-refractivity contribution >= 4 is 12.1 Å². The van der Waals surface area contributed by atoms with E-state index in [4.69, 9.17) is 14.6 Å². The summed E-state index contributed by atoms with van der Waals surface area (Å²) < 4.78 is 10.1. The molecule has 6 heteroatoms. The van der Waals surface area contributed by atoms with E-state index >= 15 is 0 Å². The van der Waals surface area contributed by atoms with E-state index in [1.165, 1.54) is 4.90 Å². The molecule has 0 fully saturated rings. The summed E-state index contributed by atoms with van der Waals surface area (Å²) in [5, 5.41) is 8.79. The quantitative estimate of drug-likeness (QED) is 0.785. The van der Waals surface area contributed by atoms with Crippen LogP contribution in [0.25, 0.3) is 0 Å². The summed E-state index contributed by atoms with van der Waals surface area (Å²) in [6.07, 6.45) is -0.618. The number of amides is 1. The van der Waals surface area contributed by atoms with Crippen molar-refractivity contribution in [2.75, 3.05) is 26.8 Å². The molecule has 0 unspecified atom stereocenters. The average Bonchev–Trinajstić information content (AvgIpc) is 2.13. The zero-order valence-corrected chi connectivity index (χ0v) is 11.7. The Morgan fingerprint density at radius 2 is 1.89 bits per heavy atom. The summed E-state index contributed by atoms with van der Waals surface area (Å²) in [6, 6.07) is 0. The Morgan fingerprint density at radius 1 is 1.33 bits per heavy atom. The lowest BCUT2D eigenvalue weighted by Gasteiger charge is -2.28. The van der Waals surface area contributed by atoms with E-state index in [-0.39, 0.29) is 19.0 Å². The highest BCUT2D eigenvalue weighted by Crippen LogP contribution is 2.11. The van der Waals surface area contributed by atoms with E-state index in [9.17, 15) is 9.59 Å². The number of ether oxygens (including phenoxy) is 2. The Bertz CT molecular complexity index is 285. The van der Waals surface area contributed by atoms with Crippen LogP contribution in [0.3, 0.4) is 0 Å². The van der Waals surface area contributed by atoms with E-state index in [0.717, 1.165) is 0 Å². The predicted octanol–water partition coefficient (Wildman–Crippen LogP) is 1.59. The highest BCUT2D eigenvalue weighted by atomic mass is 16.6. The predicted molar refractivity (Wildman–Crippen MR) is 66.5 cm³/mol. The summed E-state index contributed by atoms with van der Waals surface area (Å²) in [7, 11) is 1.56. The zero-order chi connectivity index (χ0) is 14.3. The lowest BCUT2D eigenvalue weighted by Crippen LogP contribution is -2.42. The summed E-state index contributed by atoms with van der Waals surface area (Å²) in [6.45, 7) is 7.47. The molecule has 0 aromatic carbocycles. The van der Waals surface area contributed by atoms with Crippen molar-refractivity contribution in [3.63, 3.8) is 0 Å². The maximum atomic E-state index is 11.8. The minimum atomic E-state index is -1.06. The molecule has 1 atom stereocenters. The number of carboxylic acids is 1. The normalized spacial score (nSPS) is 12.9. The Hall–Kier alpha value is -1.30. The first kappa shape index (κ1) is 16.7. The van der Waals surface area contributed by atoms with E-state index in [0.29, 0.717) is 6.61 Å². The third-order valence-electron chi connectivity index (χ3n) is 1.96. The molecule has 0 radical (unpaired) electrons. The van der Waals surface area contributed by atoms with E-state index < -0.39 is 17.7 Å². The van der Waals surface area contributed by atoms with Crippen molar-refractivity contribution in [1.29, 1.82) is 0 Å². The number of rotatable bonds is 6. The Kier molecular flexibility index (Phi) is 6.68. The van der Waals surface area contributed by atoms with Gasteiger partial charge in [-0.2, -0.15) is 0 Å². The maximum Gasteiger partial charge on any atom is 0.410 e. The molecule has 0 spiro atoms. The fourth-order valence-electron chi connectivity index (χ4n) is 1.41. The van der Waals surface area contributed by atoms with Crippen molar-refractivity contribution in [2.24, 2.45) is 5.92 Å². The molecule has 18 heavy (non-hydrogen) atoms. The molecule has 0 aromatic rings. The third kappa shape index (κ3) is 7.89. The van der Waals surface area contributed by atoms with Crippen LogP contribution >= 0.6 is 0 Å². The van der Waals surface area contributed by atoms with E-state index in [1.807, 2.05) is 6.92 Å². The number of carbonyl (C=O) groups is 2. The van der Waals surface area contributed by atoms with Gasteiger partial charge in [0.2, 0.25) is 0 Å². The molecule has 1 amide bonds. The SMILES string of the molecule is COC[C@@H](C)CN(CC(=O)O)C(=O)OC(C)(C)C. The fourth-order valence-corrected chi connectivity index (χ4v) is 1.41. The van der Waals surface area contributed by atoms with Crippen molar-refractivity contribution in [3.05, 3.63) is 0 Å².